The molecule has 0 bridgehead atoms. The highest BCUT2D eigenvalue weighted by molar-refractivity contribution is 5.94. The number of aryl methyl sites for hydroxylation is 1. The molecule has 0 saturated heterocycles. The first-order valence-electron chi connectivity index (χ1n) is 7.76. The molecule has 0 heterocycles. The van der Waals surface area contributed by atoms with Crippen molar-refractivity contribution in [1.82, 2.24) is 5.32 Å². The summed E-state index contributed by atoms with van der Waals surface area (Å²) in [5.74, 6) is 0.628. The van der Waals surface area contributed by atoms with Gasteiger partial charge in [0.25, 0.3) is 5.91 Å². The highest BCUT2D eigenvalue weighted by Gasteiger charge is 2.12. The van der Waals surface area contributed by atoms with Gasteiger partial charge in [0.2, 0.25) is 0 Å². The van der Waals surface area contributed by atoms with Gasteiger partial charge in [0.05, 0.1) is 12.6 Å². The van der Waals surface area contributed by atoms with Crippen molar-refractivity contribution < 1.29 is 9.53 Å². The van der Waals surface area contributed by atoms with E-state index in [0.717, 1.165) is 17.7 Å². The molecule has 0 saturated carbocycles. The van der Waals surface area contributed by atoms with Gasteiger partial charge in [0.15, 0.2) is 0 Å². The maximum absolute atomic E-state index is 12.3. The quantitative estimate of drug-likeness (QED) is 0.870. The Kier molecular flexibility index (Phi) is 5.59. The third-order valence-electron chi connectivity index (χ3n) is 3.64. The monoisotopic (exact) mass is 297 g/mol. The van der Waals surface area contributed by atoms with Gasteiger partial charge in [0, 0.05) is 5.56 Å². The number of rotatable bonds is 6. The standard InChI is InChI=1S/C19H23NO2/c1-4-15-9-11-16(12-10-15)14(3)20-19(21)17-7-6-8-18(13-17)22-5-2/h6-14H,4-5H2,1-3H3,(H,20,21). The number of carbonyl (C=O) groups excluding carboxylic acids is 1. The van der Waals surface area contributed by atoms with Crippen LogP contribution in [0.1, 0.15) is 48.3 Å². The van der Waals surface area contributed by atoms with Crippen LogP contribution in [0.15, 0.2) is 48.5 Å². The third kappa shape index (κ3) is 4.10. The molecule has 116 valence electrons. The molecule has 1 atom stereocenters. The van der Waals surface area contributed by atoms with Crippen molar-refractivity contribution in [2.45, 2.75) is 33.2 Å². The van der Waals surface area contributed by atoms with E-state index in [2.05, 4.69) is 36.5 Å². The van der Waals surface area contributed by atoms with Gasteiger partial charge in [-0.2, -0.15) is 0 Å². The summed E-state index contributed by atoms with van der Waals surface area (Å²) in [6.07, 6.45) is 1.02. The summed E-state index contributed by atoms with van der Waals surface area (Å²) in [4.78, 5) is 12.3. The van der Waals surface area contributed by atoms with E-state index < -0.39 is 0 Å². The topological polar surface area (TPSA) is 38.3 Å². The first kappa shape index (κ1) is 16.1. The van der Waals surface area contributed by atoms with Gasteiger partial charge >= 0.3 is 0 Å². The number of hydrogen-bond donors (Lipinski definition) is 1. The fraction of sp³-hybridized carbons (Fsp3) is 0.316. The van der Waals surface area contributed by atoms with Crippen LogP contribution in [-0.2, 0) is 6.42 Å². The highest BCUT2D eigenvalue weighted by atomic mass is 16.5. The molecule has 0 aliphatic rings. The average molecular weight is 297 g/mol. The zero-order valence-electron chi connectivity index (χ0n) is 13.4. The molecule has 22 heavy (non-hydrogen) atoms. The average Bonchev–Trinajstić information content (AvgIpc) is 2.55. The molecular weight excluding hydrogens is 274 g/mol. The van der Waals surface area contributed by atoms with E-state index >= 15 is 0 Å². The molecule has 1 N–H and O–H groups in total. The zero-order chi connectivity index (χ0) is 15.9. The van der Waals surface area contributed by atoms with E-state index in [1.54, 1.807) is 12.1 Å². The second-order valence-corrected chi connectivity index (χ2v) is 5.25. The van der Waals surface area contributed by atoms with Gasteiger partial charge in [-0.05, 0) is 49.6 Å². The first-order chi connectivity index (χ1) is 10.6. The van der Waals surface area contributed by atoms with Crippen molar-refractivity contribution in [3.63, 3.8) is 0 Å². The van der Waals surface area contributed by atoms with E-state index in [9.17, 15) is 4.79 Å². The summed E-state index contributed by atoms with van der Waals surface area (Å²) in [5.41, 5.74) is 3.01. The predicted octanol–water partition coefficient (Wildman–Crippen LogP) is 4.14. The van der Waals surface area contributed by atoms with Gasteiger partial charge in [0.1, 0.15) is 5.75 Å². The molecule has 0 aliphatic carbocycles. The molecule has 0 spiro atoms. The molecule has 0 aliphatic heterocycles. The van der Waals surface area contributed by atoms with Gasteiger partial charge in [-0.3, -0.25) is 4.79 Å². The first-order valence-corrected chi connectivity index (χ1v) is 7.76. The van der Waals surface area contributed by atoms with E-state index in [1.807, 2.05) is 26.0 Å². The SMILES string of the molecule is CCOc1cccc(C(=O)NC(C)c2ccc(CC)cc2)c1. The van der Waals surface area contributed by atoms with Crippen molar-refractivity contribution in [3.05, 3.63) is 65.2 Å². The highest BCUT2D eigenvalue weighted by Crippen LogP contribution is 2.17. The van der Waals surface area contributed by atoms with Crippen molar-refractivity contribution in [2.75, 3.05) is 6.61 Å². The Morgan fingerprint density at radius 2 is 1.86 bits per heavy atom. The van der Waals surface area contributed by atoms with E-state index in [4.69, 9.17) is 4.74 Å². The van der Waals surface area contributed by atoms with E-state index in [1.165, 1.54) is 5.56 Å². The lowest BCUT2D eigenvalue weighted by Crippen LogP contribution is -2.26. The maximum Gasteiger partial charge on any atom is 0.251 e. The number of hydrogen-bond acceptors (Lipinski definition) is 2. The minimum atomic E-state index is -0.0892. The molecule has 2 aromatic rings. The van der Waals surface area contributed by atoms with Crippen LogP contribution in [-0.4, -0.2) is 12.5 Å². The Morgan fingerprint density at radius 1 is 1.14 bits per heavy atom. The second kappa shape index (κ2) is 7.64. The normalized spacial score (nSPS) is 11.8. The number of ether oxygens (including phenoxy) is 1. The maximum atomic E-state index is 12.3. The van der Waals surface area contributed by atoms with Crippen LogP contribution in [0.2, 0.25) is 0 Å². The van der Waals surface area contributed by atoms with Crippen LogP contribution in [0, 0.1) is 0 Å². The fourth-order valence-corrected chi connectivity index (χ4v) is 2.30. The zero-order valence-corrected chi connectivity index (χ0v) is 13.4. The lowest BCUT2D eigenvalue weighted by molar-refractivity contribution is 0.0939. The lowest BCUT2D eigenvalue weighted by atomic mass is 10.0. The van der Waals surface area contributed by atoms with Gasteiger partial charge in [-0.25, -0.2) is 0 Å². The molecule has 3 heteroatoms. The summed E-state index contributed by atoms with van der Waals surface area (Å²) in [7, 11) is 0. The Morgan fingerprint density at radius 3 is 2.50 bits per heavy atom. The van der Waals surface area contributed by atoms with Crippen molar-refractivity contribution in [2.24, 2.45) is 0 Å². The minimum Gasteiger partial charge on any atom is -0.494 e. The van der Waals surface area contributed by atoms with E-state index in [0.29, 0.717) is 12.2 Å². The Labute approximate surface area is 132 Å². The number of nitrogens with one attached hydrogen (secondary N) is 1. The number of amides is 1. The minimum absolute atomic E-state index is 0.0332. The number of carbonyl (C=O) groups is 1. The Hall–Kier alpha value is -2.29. The van der Waals surface area contributed by atoms with E-state index in [-0.39, 0.29) is 11.9 Å². The Balaban J connectivity index is 2.05. The largest absolute Gasteiger partial charge is 0.494 e. The van der Waals surface area contributed by atoms with Crippen molar-refractivity contribution >= 4 is 5.91 Å². The summed E-state index contributed by atoms with van der Waals surface area (Å²) in [6, 6.07) is 15.6. The molecule has 1 unspecified atom stereocenters. The third-order valence-corrected chi connectivity index (χ3v) is 3.64. The Bertz CT molecular complexity index is 620. The molecule has 1 amide bonds. The summed E-state index contributed by atoms with van der Waals surface area (Å²) >= 11 is 0. The fourth-order valence-electron chi connectivity index (χ4n) is 2.30. The van der Waals surface area contributed by atoms with Crippen LogP contribution in [0.5, 0.6) is 5.75 Å². The second-order valence-electron chi connectivity index (χ2n) is 5.25. The van der Waals surface area contributed by atoms with Crippen LogP contribution in [0.3, 0.4) is 0 Å². The molecule has 2 aromatic carbocycles. The summed E-state index contributed by atoms with van der Waals surface area (Å²) in [5, 5.41) is 3.02. The summed E-state index contributed by atoms with van der Waals surface area (Å²) in [6.45, 7) is 6.64. The molecule has 3 nitrogen and oxygen atoms in total. The van der Waals surface area contributed by atoms with Gasteiger partial charge < -0.3 is 10.1 Å². The van der Waals surface area contributed by atoms with Crippen molar-refractivity contribution in [1.29, 1.82) is 0 Å². The van der Waals surface area contributed by atoms with Crippen LogP contribution in [0.25, 0.3) is 0 Å². The summed E-state index contributed by atoms with van der Waals surface area (Å²) < 4.78 is 5.43. The molecule has 0 radical (unpaired) electrons. The molecule has 0 aromatic heterocycles. The molecular formula is C19H23NO2. The van der Waals surface area contributed by atoms with Gasteiger partial charge in [-0.15, -0.1) is 0 Å². The van der Waals surface area contributed by atoms with Gasteiger partial charge in [-0.1, -0.05) is 37.3 Å². The van der Waals surface area contributed by atoms with Crippen LogP contribution < -0.4 is 10.1 Å². The smallest absolute Gasteiger partial charge is 0.251 e. The predicted molar refractivity (Wildman–Crippen MR) is 89.3 cm³/mol. The molecule has 2 rings (SSSR count). The van der Waals surface area contributed by atoms with Crippen LogP contribution >= 0.6 is 0 Å². The molecule has 0 fully saturated rings. The van der Waals surface area contributed by atoms with Crippen LogP contribution in [0.4, 0.5) is 0 Å². The van der Waals surface area contributed by atoms with Crippen molar-refractivity contribution in [3.8, 4) is 5.75 Å². The lowest BCUT2D eigenvalue weighted by Gasteiger charge is -2.15. The number of benzene rings is 2.